The minimum absolute atomic E-state index is 0.388. The van der Waals surface area contributed by atoms with Gasteiger partial charge in [-0.3, -0.25) is 0 Å². The highest BCUT2D eigenvalue weighted by Crippen LogP contribution is 2.26. The molecule has 2 N–H and O–H groups in total. The van der Waals surface area contributed by atoms with Gasteiger partial charge in [0.15, 0.2) is 0 Å². The van der Waals surface area contributed by atoms with Crippen molar-refractivity contribution in [2.45, 2.75) is 26.2 Å². The Morgan fingerprint density at radius 1 is 1.70 bits per heavy atom. The summed E-state index contributed by atoms with van der Waals surface area (Å²) in [6, 6.07) is 2.16. The SMILES string of the molecule is CC1CCCC(N)=C1C#N. The van der Waals surface area contributed by atoms with Crippen LogP contribution < -0.4 is 5.73 Å². The molecule has 2 nitrogen and oxygen atoms in total. The molecule has 1 atom stereocenters. The molecule has 1 unspecified atom stereocenters. The molecule has 0 fully saturated rings. The molecular weight excluding hydrogens is 124 g/mol. The summed E-state index contributed by atoms with van der Waals surface area (Å²) in [5.41, 5.74) is 7.26. The second-order valence-corrected chi connectivity index (χ2v) is 2.84. The Balaban J connectivity index is 2.86. The van der Waals surface area contributed by atoms with Crippen LogP contribution in [-0.2, 0) is 0 Å². The molecule has 0 spiro atoms. The van der Waals surface area contributed by atoms with Crippen molar-refractivity contribution in [2.24, 2.45) is 11.7 Å². The fourth-order valence-electron chi connectivity index (χ4n) is 1.38. The van der Waals surface area contributed by atoms with Crippen molar-refractivity contribution in [3.05, 3.63) is 11.3 Å². The number of allylic oxidation sites excluding steroid dienone is 2. The Labute approximate surface area is 61.3 Å². The van der Waals surface area contributed by atoms with E-state index in [1.807, 2.05) is 0 Å². The van der Waals surface area contributed by atoms with E-state index in [1.54, 1.807) is 0 Å². The zero-order valence-corrected chi connectivity index (χ0v) is 6.22. The summed E-state index contributed by atoms with van der Waals surface area (Å²) in [7, 11) is 0. The third-order valence-electron chi connectivity index (χ3n) is 2.04. The van der Waals surface area contributed by atoms with E-state index in [1.165, 1.54) is 0 Å². The third-order valence-corrected chi connectivity index (χ3v) is 2.04. The van der Waals surface area contributed by atoms with Crippen molar-refractivity contribution in [1.29, 1.82) is 5.26 Å². The minimum Gasteiger partial charge on any atom is -0.401 e. The van der Waals surface area contributed by atoms with E-state index in [2.05, 4.69) is 13.0 Å². The highest BCUT2D eigenvalue weighted by atomic mass is 14.6. The first-order valence-corrected chi connectivity index (χ1v) is 3.64. The highest BCUT2D eigenvalue weighted by Gasteiger charge is 2.16. The number of nitrogens with zero attached hydrogens (tertiary/aromatic N) is 1. The molecule has 2 heteroatoms. The fraction of sp³-hybridized carbons (Fsp3) is 0.625. The molecule has 0 aliphatic heterocycles. The average Bonchev–Trinajstić information content (AvgIpc) is 1.88. The Morgan fingerprint density at radius 2 is 2.40 bits per heavy atom. The van der Waals surface area contributed by atoms with Crippen LogP contribution in [0.1, 0.15) is 26.2 Å². The van der Waals surface area contributed by atoms with E-state index in [0.29, 0.717) is 5.92 Å². The fourth-order valence-corrected chi connectivity index (χ4v) is 1.38. The third kappa shape index (κ3) is 1.13. The van der Waals surface area contributed by atoms with Crippen LogP contribution in [0.4, 0.5) is 0 Å². The molecule has 0 saturated carbocycles. The number of hydrogen-bond acceptors (Lipinski definition) is 2. The van der Waals surface area contributed by atoms with Crippen molar-refractivity contribution in [2.75, 3.05) is 0 Å². The van der Waals surface area contributed by atoms with Crippen LogP contribution in [0.25, 0.3) is 0 Å². The first-order chi connectivity index (χ1) is 4.75. The van der Waals surface area contributed by atoms with Crippen molar-refractivity contribution >= 4 is 0 Å². The molecule has 54 valence electrons. The van der Waals surface area contributed by atoms with Gasteiger partial charge < -0.3 is 5.73 Å². The van der Waals surface area contributed by atoms with E-state index < -0.39 is 0 Å². The smallest absolute Gasteiger partial charge is 0.0968 e. The van der Waals surface area contributed by atoms with Crippen LogP contribution >= 0.6 is 0 Å². The first kappa shape index (κ1) is 7.14. The van der Waals surface area contributed by atoms with E-state index >= 15 is 0 Å². The molecule has 0 saturated heterocycles. The zero-order valence-electron chi connectivity index (χ0n) is 6.22. The van der Waals surface area contributed by atoms with Gasteiger partial charge in [0.1, 0.15) is 0 Å². The summed E-state index contributed by atoms with van der Waals surface area (Å²) in [5, 5.41) is 8.64. The molecule has 0 aromatic heterocycles. The topological polar surface area (TPSA) is 49.8 Å². The number of nitrogens with two attached hydrogens (primary N) is 1. The van der Waals surface area contributed by atoms with Crippen molar-refractivity contribution in [3.63, 3.8) is 0 Å². The van der Waals surface area contributed by atoms with Crippen LogP contribution in [0.15, 0.2) is 11.3 Å². The summed E-state index contributed by atoms with van der Waals surface area (Å²) in [6.07, 6.45) is 3.16. The Hall–Kier alpha value is -0.970. The van der Waals surface area contributed by atoms with Gasteiger partial charge in [-0.05, 0) is 25.2 Å². The highest BCUT2D eigenvalue weighted by molar-refractivity contribution is 5.29. The first-order valence-electron chi connectivity index (χ1n) is 3.64. The number of hydrogen-bond donors (Lipinski definition) is 1. The minimum atomic E-state index is 0.388. The van der Waals surface area contributed by atoms with Crippen LogP contribution in [0, 0.1) is 17.2 Å². The normalized spacial score (nSPS) is 26.2. The van der Waals surface area contributed by atoms with E-state index in [0.717, 1.165) is 30.5 Å². The Morgan fingerprint density at radius 3 is 2.80 bits per heavy atom. The summed E-state index contributed by atoms with van der Waals surface area (Å²) in [4.78, 5) is 0. The van der Waals surface area contributed by atoms with E-state index in [4.69, 9.17) is 11.0 Å². The molecule has 1 aliphatic carbocycles. The van der Waals surface area contributed by atoms with Gasteiger partial charge >= 0.3 is 0 Å². The summed E-state index contributed by atoms with van der Waals surface area (Å²) in [6.45, 7) is 2.06. The maximum Gasteiger partial charge on any atom is 0.0968 e. The maximum absolute atomic E-state index is 8.64. The molecular formula is C8H12N2. The molecule has 0 heterocycles. The van der Waals surface area contributed by atoms with Crippen molar-refractivity contribution in [3.8, 4) is 6.07 Å². The lowest BCUT2D eigenvalue weighted by Gasteiger charge is -2.18. The monoisotopic (exact) mass is 136 g/mol. The molecule has 0 bridgehead atoms. The average molecular weight is 136 g/mol. The zero-order chi connectivity index (χ0) is 7.56. The molecule has 0 amide bonds. The van der Waals surface area contributed by atoms with Gasteiger partial charge in [-0.15, -0.1) is 0 Å². The van der Waals surface area contributed by atoms with E-state index in [-0.39, 0.29) is 0 Å². The van der Waals surface area contributed by atoms with Gasteiger partial charge in [0.2, 0.25) is 0 Å². The lowest BCUT2D eigenvalue weighted by Crippen LogP contribution is -2.13. The molecule has 0 radical (unpaired) electrons. The molecule has 1 rings (SSSR count). The van der Waals surface area contributed by atoms with Crippen LogP contribution in [0.5, 0.6) is 0 Å². The second-order valence-electron chi connectivity index (χ2n) is 2.84. The number of nitriles is 1. The summed E-state index contributed by atoms with van der Waals surface area (Å²) >= 11 is 0. The lowest BCUT2D eigenvalue weighted by molar-refractivity contribution is 0.545. The maximum atomic E-state index is 8.64. The molecule has 1 aliphatic rings. The van der Waals surface area contributed by atoms with Crippen LogP contribution in [-0.4, -0.2) is 0 Å². The van der Waals surface area contributed by atoms with Gasteiger partial charge in [0.05, 0.1) is 11.6 Å². The second kappa shape index (κ2) is 2.74. The van der Waals surface area contributed by atoms with Gasteiger partial charge in [-0.2, -0.15) is 5.26 Å². The van der Waals surface area contributed by atoms with Gasteiger partial charge in [0.25, 0.3) is 0 Å². The predicted octanol–water partition coefficient (Wildman–Crippen LogP) is 1.54. The lowest BCUT2D eigenvalue weighted by atomic mass is 9.88. The summed E-state index contributed by atoms with van der Waals surface area (Å²) in [5.74, 6) is 0.388. The van der Waals surface area contributed by atoms with Gasteiger partial charge in [-0.25, -0.2) is 0 Å². The largest absolute Gasteiger partial charge is 0.401 e. The Bertz CT molecular complexity index is 198. The standard InChI is InChI=1S/C8H12N2/c1-6-3-2-4-8(10)7(6)5-9/h6H,2-4,10H2,1H3. The van der Waals surface area contributed by atoms with Crippen LogP contribution in [0.3, 0.4) is 0 Å². The predicted molar refractivity (Wildman–Crippen MR) is 39.8 cm³/mol. The summed E-state index contributed by atoms with van der Waals surface area (Å²) < 4.78 is 0. The quantitative estimate of drug-likeness (QED) is 0.549. The van der Waals surface area contributed by atoms with E-state index in [9.17, 15) is 0 Å². The van der Waals surface area contributed by atoms with Crippen LogP contribution in [0.2, 0.25) is 0 Å². The van der Waals surface area contributed by atoms with Gasteiger partial charge in [-0.1, -0.05) is 6.92 Å². The van der Waals surface area contributed by atoms with Gasteiger partial charge in [0, 0.05) is 5.70 Å². The Kier molecular flexibility index (Phi) is 1.96. The molecule has 0 aromatic rings. The van der Waals surface area contributed by atoms with Crippen molar-refractivity contribution < 1.29 is 0 Å². The molecule has 10 heavy (non-hydrogen) atoms. The molecule has 0 aromatic carbocycles. The van der Waals surface area contributed by atoms with Crippen molar-refractivity contribution in [1.82, 2.24) is 0 Å². The number of rotatable bonds is 0.